The summed E-state index contributed by atoms with van der Waals surface area (Å²) < 4.78 is 10.7. The van der Waals surface area contributed by atoms with Gasteiger partial charge in [-0.05, 0) is 12.8 Å². The Morgan fingerprint density at radius 3 is 2.86 bits per heavy atom. The van der Waals surface area contributed by atoms with Crippen molar-refractivity contribution in [3.05, 3.63) is 0 Å². The fourth-order valence-corrected chi connectivity index (χ4v) is 1.71. The van der Waals surface area contributed by atoms with Crippen molar-refractivity contribution in [1.29, 1.82) is 0 Å². The molecule has 0 saturated carbocycles. The number of rotatable bonds is 5. The van der Waals surface area contributed by atoms with Crippen LogP contribution in [0.2, 0.25) is 0 Å². The Kier molecular flexibility index (Phi) is 4.90. The van der Waals surface area contributed by atoms with Gasteiger partial charge in [0, 0.05) is 5.92 Å². The van der Waals surface area contributed by atoms with Crippen molar-refractivity contribution >= 4 is 5.91 Å². The largest absolute Gasteiger partial charge is 0.376 e. The fraction of sp³-hybridized carbons (Fsp3) is 0.900. The molecule has 1 heterocycles. The Morgan fingerprint density at radius 2 is 2.36 bits per heavy atom. The number of carbonyl (C=O) groups is 1. The third kappa shape index (κ3) is 3.64. The van der Waals surface area contributed by atoms with Gasteiger partial charge in [0.25, 0.3) is 0 Å². The quantitative estimate of drug-likeness (QED) is 0.712. The molecule has 1 rings (SSSR count). The molecule has 1 amide bonds. The van der Waals surface area contributed by atoms with Crippen molar-refractivity contribution in [3.8, 4) is 0 Å². The Balaban J connectivity index is 2.33. The predicted octanol–water partition coefficient (Wildman–Crippen LogP) is 0.694. The van der Waals surface area contributed by atoms with E-state index in [1.165, 1.54) is 0 Å². The first kappa shape index (κ1) is 11.5. The summed E-state index contributed by atoms with van der Waals surface area (Å²) in [5.74, 6) is -0.285. The molecule has 0 spiro atoms. The van der Waals surface area contributed by atoms with E-state index >= 15 is 0 Å². The van der Waals surface area contributed by atoms with Crippen molar-refractivity contribution < 1.29 is 14.3 Å². The number of carbonyl (C=O) groups excluding carboxylic acids is 1. The van der Waals surface area contributed by atoms with Crippen molar-refractivity contribution in [2.75, 3.05) is 19.8 Å². The molecule has 82 valence electrons. The van der Waals surface area contributed by atoms with E-state index in [-0.39, 0.29) is 17.9 Å². The number of primary amides is 1. The summed E-state index contributed by atoms with van der Waals surface area (Å²) in [6.45, 7) is 3.93. The lowest BCUT2D eigenvalue weighted by Crippen LogP contribution is -2.34. The van der Waals surface area contributed by atoms with Crippen molar-refractivity contribution in [2.24, 2.45) is 11.7 Å². The lowest BCUT2D eigenvalue weighted by Gasteiger charge is -2.25. The van der Waals surface area contributed by atoms with E-state index in [1.807, 2.05) is 6.92 Å². The zero-order chi connectivity index (χ0) is 10.4. The molecule has 4 heteroatoms. The summed E-state index contributed by atoms with van der Waals surface area (Å²) in [4.78, 5) is 11.1. The van der Waals surface area contributed by atoms with Gasteiger partial charge in [-0.1, -0.05) is 13.3 Å². The maximum atomic E-state index is 11.1. The molecule has 2 atom stereocenters. The molecule has 2 N–H and O–H groups in total. The fourth-order valence-electron chi connectivity index (χ4n) is 1.71. The van der Waals surface area contributed by atoms with E-state index in [1.54, 1.807) is 0 Å². The van der Waals surface area contributed by atoms with Gasteiger partial charge in [0.15, 0.2) is 0 Å². The highest BCUT2D eigenvalue weighted by atomic mass is 16.6. The van der Waals surface area contributed by atoms with Crippen LogP contribution in [0.1, 0.15) is 26.2 Å². The second kappa shape index (κ2) is 5.98. The normalized spacial score (nSPS) is 24.5. The van der Waals surface area contributed by atoms with Gasteiger partial charge in [-0.25, -0.2) is 0 Å². The van der Waals surface area contributed by atoms with Gasteiger partial charge in [-0.3, -0.25) is 4.79 Å². The highest BCUT2D eigenvalue weighted by Crippen LogP contribution is 2.17. The van der Waals surface area contributed by atoms with E-state index in [9.17, 15) is 4.79 Å². The summed E-state index contributed by atoms with van der Waals surface area (Å²) in [5, 5.41) is 0. The summed E-state index contributed by atoms with van der Waals surface area (Å²) in [6, 6.07) is 0. The topological polar surface area (TPSA) is 61.6 Å². The van der Waals surface area contributed by atoms with E-state index in [0.29, 0.717) is 26.2 Å². The second-order valence-corrected chi connectivity index (χ2v) is 3.69. The number of hydrogen-bond donors (Lipinski definition) is 1. The first-order valence-electron chi connectivity index (χ1n) is 5.22. The van der Waals surface area contributed by atoms with Crippen LogP contribution in [0.15, 0.2) is 0 Å². The molecule has 1 aliphatic heterocycles. The molecule has 2 unspecified atom stereocenters. The molecule has 1 fully saturated rings. The van der Waals surface area contributed by atoms with Crippen LogP contribution in [0, 0.1) is 5.92 Å². The Labute approximate surface area is 84.7 Å². The monoisotopic (exact) mass is 201 g/mol. The molecular formula is C10H19NO3. The van der Waals surface area contributed by atoms with Crippen LogP contribution in [-0.2, 0) is 14.3 Å². The Morgan fingerprint density at radius 1 is 1.57 bits per heavy atom. The molecule has 1 saturated heterocycles. The van der Waals surface area contributed by atoms with Crippen LogP contribution in [0.4, 0.5) is 0 Å². The molecule has 4 nitrogen and oxygen atoms in total. The summed E-state index contributed by atoms with van der Waals surface area (Å²) in [7, 11) is 0. The van der Waals surface area contributed by atoms with Gasteiger partial charge >= 0.3 is 0 Å². The lowest BCUT2D eigenvalue weighted by molar-refractivity contribution is -0.127. The number of nitrogens with two attached hydrogens (primary N) is 1. The Hall–Kier alpha value is -0.610. The van der Waals surface area contributed by atoms with Gasteiger partial charge in [0.1, 0.15) is 0 Å². The maximum absolute atomic E-state index is 11.1. The molecule has 0 radical (unpaired) electrons. The van der Waals surface area contributed by atoms with Crippen LogP contribution in [-0.4, -0.2) is 31.8 Å². The van der Waals surface area contributed by atoms with Crippen LogP contribution in [0.25, 0.3) is 0 Å². The van der Waals surface area contributed by atoms with Crippen LogP contribution >= 0.6 is 0 Å². The predicted molar refractivity (Wildman–Crippen MR) is 52.8 cm³/mol. The molecule has 0 aromatic carbocycles. The first-order valence-corrected chi connectivity index (χ1v) is 5.22. The second-order valence-electron chi connectivity index (χ2n) is 3.69. The van der Waals surface area contributed by atoms with Gasteiger partial charge < -0.3 is 15.2 Å². The van der Waals surface area contributed by atoms with E-state index < -0.39 is 0 Å². The number of ether oxygens (including phenoxy) is 2. The molecule has 0 aliphatic carbocycles. The van der Waals surface area contributed by atoms with E-state index in [2.05, 4.69) is 0 Å². The third-order valence-corrected chi connectivity index (χ3v) is 2.47. The van der Waals surface area contributed by atoms with E-state index in [4.69, 9.17) is 15.2 Å². The number of hydrogen-bond acceptors (Lipinski definition) is 3. The van der Waals surface area contributed by atoms with Crippen LogP contribution in [0.5, 0.6) is 0 Å². The van der Waals surface area contributed by atoms with Gasteiger partial charge in [0.05, 0.1) is 25.9 Å². The standard InChI is InChI=1S/C10H19NO3/c1-2-3-8(10(11)12)6-9-7-13-4-5-14-9/h8-9H,2-7H2,1H3,(H2,11,12). The average Bonchev–Trinajstić information content (AvgIpc) is 2.18. The summed E-state index contributed by atoms with van der Waals surface area (Å²) in [5.41, 5.74) is 5.30. The molecule has 0 aromatic heterocycles. The third-order valence-electron chi connectivity index (χ3n) is 2.47. The van der Waals surface area contributed by atoms with Crippen molar-refractivity contribution in [2.45, 2.75) is 32.3 Å². The minimum atomic E-state index is -0.221. The lowest BCUT2D eigenvalue weighted by atomic mass is 9.96. The Bertz CT molecular complexity index is 178. The number of amides is 1. The van der Waals surface area contributed by atoms with Gasteiger partial charge in [-0.15, -0.1) is 0 Å². The van der Waals surface area contributed by atoms with Crippen molar-refractivity contribution in [1.82, 2.24) is 0 Å². The molecule has 14 heavy (non-hydrogen) atoms. The maximum Gasteiger partial charge on any atom is 0.220 e. The minimum absolute atomic E-state index is 0.0489. The molecule has 0 aromatic rings. The first-order chi connectivity index (χ1) is 6.74. The smallest absolute Gasteiger partial charge is 0.220 e. The van der Waals surface area contributed by atoms with Crippen LogP contribution < -0.4 is 5.73 Å². The highest BCUT2D eigenvalue weighted by Gasteiger charge is 2.22. The van der Waals surface area contributed by atoms with Gasteiger partial charge in [0.2, 0.25) is 5.91 Å². The molecular weight excluding hydrogens is 182 g/mol. The zero-order valence-electron chi connectivity index (χ0n) is 8.70. The van der Waals surface area contributed by atoms with Gasteiger partial charge in [-0.2, -0.15) is 0 Å². The molecule has 0 bridgehead atoms. The summed E-state index contributed by atoms with van der Waals surface area (Å²) >= 11 is 0. The van der Waals surface area contributed by atoms with E-state index in [0.717, 1.165) is 12.8 Å². The minimum Gasteiger partial charge on any atom is -0.376 e. The van der Waals surface area contributed by atoms with Crippen LogP contribution in [0.3, 0.4) is 0 Å². The highest BCUT2D eigenvalue weighted by molar-refractivity contribution is 5.76. The molecule has 1 aliphatic rings. The van der Waals surface area contributed by atoms with Crippen molar-refractivity contribution in [3.63, 3.8) is 0 Å². The SMILES string of the molecule is CCCC(CC1COCCO1)C(N)=O. The average molecular weight is 201 g/mol. The summed E-state index contributed by atoms with van der Waals surface area (Å²) in [6.07, 6.45) is 2.56. The zero-order valence-corrected chi connectivity index (χ0v) is 8.70.